The van der Waals surface area contributed by atoms with Crippen molar-refractivity contribution in [1.29, 1.82) is 0 Å². The SMILES string of the molecule is CC(C)(C)OC(=O)N1CCCC1c1ncc(-c2ccc3c(c2)oc2cc(-c4ccc5nc(C6CCCN6C(=O)OC(C)(C)C)[nH]c5c4)ccc23)[nH]1. The van der Waals surface area contributed by atoms with E-state index in [1.165, 1.54) is 0 Å². The lowest BCUT2D eigenvalue weighted by Crippen LogP contribution is -2.36. The Labute approximate surface area is 296 Å². The van der Waals surface area contributed by atoms with Crippen LogP contribution in [0.5, 0.6) is 0 Å². The molecule has 8 rings (SSSR count). The second kappa shape index (κ2) is 12.2. The molecular formula is C40H44N6O5. The van der Waals surface area contributed by atoms with Crippen LogP contribution in [-0.4, -0.2) is 66.2 Å². The molecule has 6 aromatic rings. The molecule has 264 valence electrons. The number of aromatic nitrogens is 4. The maximum atomic E-state index is 12.9. The molecule has 2 fully saturated rings. The topological polar surface area (TPSA) is 130 Å². The van der Waals surface area contributed by atoms with Crippen LogP contribution in [-0.2, 0) is 9.47 Å². The minimum Gasteiger partial charge on any atom is -0.456 e. The van der Waals surface area contributed by atoms with Gasteiger partial charge in [-0.1, -0.05) is 18.2 Å². The predicted octanol–water partition coefficient (Wildman–Crippen LogP) is 9.66. The number of carbonyl (C=O) groups is 2. The molecule has 0 aliphatic carbocycles. The van der Waals surface area contributed by atoms with Gasteiger partial charge >= 0.3 is 12.2 Å². The van der Waals surface area contributed by atoms with Gasteiger partial charge in [0.1, 0.15) is 34.0 Å². The monoisotopic (exact) mass is 688 g/mol. The highest BCUT2D eigenvalue weighted by molar-refractivity contribution is 6.07. The van der Waals surface area contributed by atoms with Crippen LogP contribution in [0.3, 0.4) is 0 Å². The average molecular weight is 689 g/mol. The Balaban J connectivity index is 1.03. The first-order valence-electron chi connectivity index (χ1n) is 17.8. The number of benzene rings is 3. The molecule has 2 saturated heterocycles. The molecule has 2 unspecified atom stereocenters. The van der Waals surface area contributed by atoms with Crippen LogP contribution in [0.2, 0.25) is 0 Å². The zero-order valence-electron chi connectivity index (χ0n) is 30.0. The van der Waals surface area contributed by atoms with Crippen LogP contribution in [0.1, 0.15) is 91.0 Å². The third-order valence-electron chi connectivity index (χ3n) is 9.61. The van der Waals surface area contributed by atoms with E-state index in [0.717, 1.165) is 92.7 Å². The van der Waals surface area contributed by atoms with E-state index in [9.17, 15) is 9.59 Å². The van der Waals surface area contributed by atoms with Crippen LogP contribution >= 0.6 is 0 Å². The third kappa shape index (κ3) is 6.41. The zero-order valence-corrected chi connectivity index (χ0v) is 30.0. The summed E-state index contributed by atoms with van der Waals surface area (Å²) in [6.07, 6.45) is 4.69. The molecule has 2 amide bonds. The van der Waals surface area contributed by atoms with Gasteiger partial charge in [0.25, 0.3) is 0 Å². The molecule has 0 bridgehead atoms. The van der Waals surface area contributed by atoms with Gasteiger partial charge in [-0.3, -0.25) is 9.80 Å². The molecule has 3 aromatic heterocycles. The van der Waals surface area contributed by atoms with E-state index >= 15 is 0 Å². The number of aromatic amines is 2. The third-order valence-corrected chi connectivity index (χ3v) is 9.61. The Morgan fingerprint density at radius 2 is 1.27 bits per heavy atom. The number of fused-ring (bicyclic) bond motifs is 4. The standard InChI is InChI=1S/C40H44N6O5/c1-39(2,3)50-37(47)45-17-7-9-31(45)35-41-22-30(44-35)25-12-15-27-26-14-11-24(20-33(26)49-34(27)21-25)23-13-16-28-29(19-23)43-36(42-28)32-10-8-18-46(32)38(48)51-40(4,5)6/h11-16,19-22,31-32H,7-10,17-18H2,1-6H3,(H,41,44)(H,42,43). The van der Waals surface area contributed by atoms with Crippen molar-refractivity contribution < 1.29 is 23.5 Å². The summed E-state index contributed by atoms with van der Waals surface area (Å²) < 4.78 is 17.8. The van der Waals surface area contributed by atoms with E-state index in [2.05, 4.69) is 57.4 Å². The Morgan fingerprint density at radius 3 is 1.90 bits per heavy atom. The summed E-state index contributed by atoms with van der Waals surface area (Å²) in [7, 11) is 0. The number of furan rings is 1. The van der Waals surface area contributed by atoms with Crippen LogP contribution in [0.15, 0.2) is 65.2 Å². The molecule has 0 saturated carbocycles. The Hall–Kier alpha value is -5.32. The van der Waals surface area contributed by atoms with Gasteiger partial charge in [0.15, 0.2) is 0 Å². The Morgan fingerprint density at radius 1 is 0.725 bits per heavy atom. The van der Waals surface area contributed by atoms with E-state index in [1.54, 1.807) is 9.80 Å². The number of hydrogen-bond acceptors (Lipinski definition) is 7. The summed E-state index contributed by atoms with van der Waals surface area (Å²) in [6, 6.07) is 18.4. The van der Waals surface area contributed by atoms with Crippen LogP contribution < -0.4 is 0 Å². The highest BCUT2D eigenvalue weighted by Gasteiger charge is 2.36. The number of amides is 2. The smallest absolute Gasteiger partial charge is 0.410 e. The first-order chi connectivity index (χ1) is 24.3. The van der Waals surface area contributed by atoms with Crippen LogP contribution in [0.4, 0.5) is 9.59 Å². The summed E-state index contributed by atoms with van der Waals surface area (Å²) in [6.45, 7) is 12.6. The highest BCUT2D eigenvalue weighted by Crippen LogP contribution is 2.38. The molecule has 2 N–H and O–H groups in total. The van der Waals surface area contributed by atoms with E-state index in [1.807, 2.05) is 59.9 Å². The number of H-pyrrole nitrogens is 2. The van der Waals surface area contributed by atoms with E-state index in [0.29, 0.717) is 13.1 Å². The van der Waals surface area contributed by atoms with Gasteiger partial charge in [-0.15, -0.1) is 0 Å². The van der Waals surface area contributed by atoms with Gasteiger partial charge in [-0.05, 0) is 115 Å². The molecule has 0 radical (unpaired) electrons. The average Bonchev–Trinajstić information content (AvgIpc) is 3.89. The lowest BCUT2D eigenvalue weighted by Gasteiger charge is -2.27. The summed E-state index contributed by atoms with van der Waals surface area (Å²) >= 11 is 0. The van der Waals surface area contributed by atoms with E-state index in [-0.39, 0.29) is 24.3 Å². The molecule has 0 spiro atoms. The summed E-state index contributed by atoms with van der Waals surface area (Å²) in [4.78, 5) is 45.8. The number of rotatable bonds is 4. The van der Waals surface area contributed by atoms with Crippen molar-refractivity contribution in [1.82, 2.24) is 29.7 Å². The number of carbonyl (C=O) groups excluding carboxylic acids is 2. The molecule has 11 nitrogen and oxygen atoms in total. The van der Waals surface area contributed by atoms with Crippen LogP contribution in [0.25, 0.3) is 55.4 Å². The Kier molecular flexibility index (Phi) is 7.84. The van der Waals surface area contributed by atoms with Crippen molar-refractivity contribution >= 4 is 45.2 Å². The quantitative estimate of drug-likeness (QED) is 0.189. The van der Waals surface area contributed by atoms with Crippen molar-refractivity contribution in [2.45, 2.75) is 90.5 Å². The van der Waals surface area contributed by atoms with Gasteiger partial charge in [-0.2, -0.15) is 0 Å². The molecule has 3 aromatic carbocycles. The maximum Gasteiger partial charge on any atom is 0.410 e. The first kappa shape index (κ1) is 32.9. The minimum absolute atomic E-state index is 0.143. The summed E-state index contributed by atoms with van der Waals surface area (Å²) in [5.41, 5.74) is 6.13. The molecule has 2 aliphatic rings. The van der Waals surface area contributed by atoms with Gasteiger partial charge in [0, 0.05) is 29.4 Å². The van der Waals surface area contributed by atoms with Crippen molar-refractivity contribution in [3.63, 3.8) is 0 Å². The second-order valence-electron chi connectivity index (χ2n) is 15.7. The number of likely N-dealkylation sites (tertiary alicyclic amines) is 2. The molecule has 11 heteroatoms. The number of hydrogen-bond donors (Lipinski definition) is 2. The normalized spacial score (nSPS) is 18.4. The van der Waals surface area contributed by atoms with Crippen molar-refractivity contribution in [3.05, 3.63) is 72.4 Å². The van der Waals surface area contributed by atoms with Crippen molar-refractivity contribution in [3.8, 4) is 22.4 Å². The molecule has 5 heterocycles. The fourth-order valence-corrected chi connectivity index (χ4v) is 7.32. The van der Waals surface area contributed by atoms with Gasteiger partial charge < -0.3 is 23.9 Å². The number of ether oxygens (including phenoxy) is 2. The molecule has 2 aliphatic heterocycles. The first-order valence-corrected chi connectivity index (χ1v) is 17.8. The van der Waals surface area contributed by atoms with Gasteiger partial charge in [-0.25, -0.2) is 19.6 Å². The summed E-state index contributed by atoms with van der Waals surface area (Å²) in [5, 5.41) is 2.07. The molecule has 2 atom stereocenters. The van der Waals surface area contributed by atoms with Gasteiger partial charge in [0.2, 0.25) is 0 Å². The number of nitrogens with one attached hydrogen (secondary N) is 2. The van der Waals surface area contributed by atoms with E-state index < -0.39 is 11.2 Å². The van der Waals surface area contributed by atoms with Crippen molar-refractivity contribution in [2.24, 2.45) is 0 Å². The Bertz CT molecular complexity index is 2290. The number of nitrogens with zero attached hydrogens (tertiary/aromatic N) is 4. The fourth-order valence-electron chi connectivity index (χ4n) is 7.32. The fraction of sp³-hybridized carbons (Fsp3) is 0.400. The molecular weight excluding hydrogens is 644 g/mol. The lowest BCUT2D eigenvalue weighted by molar-refractivity contribution is 0.0208. The predicted molar refractivity (Wildman–Crippen MR) is 196 cm³/mol. The largest absolute Gasteiger partial charge is 0.456 e. The maximum absolute atomic E-state index is 12.9. The molecule has 51 heavy (non-hydrogen) atoms. The minimum atomic E-state index is -0.554. The zero-order chi connectivity index (χ0) is 35.7. The van der Waals surface area contributed by atoms with Gasteiger partial charge in [0.05, 0.1) is 35.0 Å². The van der Waals surface area contributed by atoms with Crippen LogP contribution in [0, 0.1) is 0 Å². The lowest BCUT2D eigenvalue weighted by atomic mass is 10.0. The number of imidazole rings is 2. The second-order valence-corrected chi connectivity index (χ2v) is 15.7. The highest BCUT2D eigenvalue weighted by atomic mass is 16.6. The van der Waals surface area contributed by atoms with Crippen molar-refractivity contribution in [2.75, 3.05) is 13.1 Å². The van der Waals surface area contributed by atoms with E-state index in [4.69, 9.17) is 18.9 Å². The summed E-state index contributed by atoms with van der Waals surface area (Å²) in [5.74, 6) is 1.54.